The molecule has 1 atom stereocenters. The lowest BCUT2D eigenvalue weighted by Gasteiger charge is -2.15. The first-order valence-corrected chi connectivity index (χ1v) is 5.87. The highest BCUT2D eigenvalue weighted by Gasteiger charge is 2.17. The second-order valence-corrected chi connectivity index (χ2v) is 3.99. The molecule has 0 spiro atoms. The van der Waals surface area contributed by atoms with Crippen LogP contribution in [-0.2, 0) is 11.2 Å². The summed E-state index contributed by atoms with van der Waals surface area (Å²) in [4.78, 5) is 0. The zero-order chi connectivity index (χ0) is 11.4. The quantitative estimate of drug-likeness (QED) is 0.771. The summed E-state index contributed by atoms with van der Waals surface area (Å²) in [5, 5.41) is 0. The van der Waals surface area contributed by atoms with Gasteiger partial charge in [-0.3, -0.25) is 0 Å². The highest BCUT2D eigenvalue weighted by atomic mass is 16.7. The summed E-state index contributed by atoms with van der Waals surface area (Å²) < 4.78 is 11.3. The average Bonchev–Trinajstić information content (AvgIpc) is 2.82. The average molecular weight is 218 g/mol. The molecule has 1 aliphatic heterocycles. The predicted molar refractivity (Wildman–Crippen MR) is 65.5 cm³/mol. The maximum Gasteiger partial charge on any atom is 0.199 e. The molecule has 2 rings (SSSR count). The molecule has 0 aliphatic carbocycles. The number of hydrogen-bond donors (Lipinski definition) is 0. The third kappa shape index (κ3) is 2.45. The molecule has 1 saturated heterocycles. The van der Waals surface area contributed by atoms with Gasteiger partial charge >= 0.3 is 0 Å². The molecule has 1 aliphatic rings. The summed E-state index contributed by atoms with van der Waals surface area (Å²) in [6.45, 7) is 6.75. The van der Waals surface area contributed by atoms with Crippen LogP contribution in [0.25, 0.3) is 6.08 Å². The predicted octanol–water partition coefficient (Wildman–Crippen LogP) is 3.41. The van der Waals surface area contributed by atoms with E-state index in [0.717, 1.165) is 37.2 Å². The summed E-state index contributed by atoms with van der Waals surface area (Å²) in [6, 6.07) is 6.24. The summed E-state index contributed by atoms with van der Waals surface area (Å²) in [5.41, 5.74) is 2.31. The van der Waals surface area contributed by atoms with Crippen molar-refractivity contribution in [2.24, 2.45) is 0 Å². The lowest BCUT2D eigenvalue weighted by Crippen LogP contribution is -2.14. The minimum absolute atomic E-state index is 0.0780. The smallest absolute Gasteiger partial charge is 0.199 e. The second-order valence-electron chi connectivity index (χ2n) is 3.99. The maximum absolute atomic E-state index is 5.85. The van der Waals surface area contributed by atoms with E-state index >= 15 is 0 Å². The normalized spacial score (nSPS) is 19.7. The minimum atomic E-state index is -0.0780. The van der Waals surface area contributed by atoms with Crippen LogP contribution in [0.15, 0.2) is 24.8 Å². The molecule has 86 valence electrons. The van der Waals surface area contributed by atoms with E-state index in [1.807, 2.05) is 6.08 Å². The zero-order valence-electron chi connectivity index (χ0n) is 9.74. The summed E-state index contributed by atoms with van der Waals surface area (Å²) in [5.74, 6) is 0.890. The van der Waals surface area contributed by atoms with E-state index in [9.17, 15) is 0 Å². The van der Waals surface area contributed by atoms with E-state index in [4.69, 9.17) is 9.47 Å². The van der Waals surface area contributed by atoms with Crippen molar-refractivity contribution in [3.05, 3.63) is 35.9 Å². The SMILES string of the molecule is C=Cc1ccc(CC)cc1OC1CCCO1. The van der Waals surface area contributed by atoms with Crippen LogP contribution in [0.1, 0.15) is 30.9 Å². The van der Waals surface area contributed by atoms with Crippen molar-refractivity contribution < 1.29 is 9.47 Å². The Balaban J connectivity index is 2.18. The molecular formula is C14H18O2. The first kappa shape index (κ1) is 11.2. The molecule has 1 fully saturated rings. The van der Waals surface area contributed by atoms with Gasteiger partial charge in [0.1, 0.15) is 5.75 Å². The van der Waals surface area contributed by atoms with Crippen LogP contribution in [0.2, 0.25) is 0 Å². The fourth-order valence-electron chi connectivity index (χ4n) is 1.85. The van der Waals surface area contributed by atoms with Crippen LogP contribution < -0.4 is 4.74 Å². The van der Waals surface area contributed by atoms with E-state index in [0.29, 0.717) is 0 Å². The fraction of sp³-hybridized carbons (Fsp3) is 0.429. The van der Waals surface area contributed by atoms with Crippen molar-refractivity contribution in [3.8, 4) is 5.75 Å². The molecule has 16 heavy (non-hydrogen) atoms. The van der Waals surface area contributed by atoms with Gasteiger partial charge in [-0.05, 0) is 24.5 Å². The lowest BCUT2D eigenvalue weighted by atomic mass is 10.1. The molecule has 0 saturated carbocycles. The van der Waals surface area contributed by atoms with Gasteiger partial charge < -0.3 is 9.47 Å². The van der Waals surface area contributed by atoms with Gasteiger partial charge in [0.05, 0.1) is 6.61 Å². The van der Waals surface area contributed by atoms with Crippen LogP contribution in [0.3, 0.4) is 0 Å². The van der Waals surface area contributed by atoms with Crippen molar-refractivity contribution in [1.82, 2.24) is 0 Å². The molecule has 2 heteroatoms. The maximum atomic E-state index is 5.85. The fourth-order valence-corrected chi connectivity index (χ4v) is 1.85. The van der Waals surface area contributed by atoms with Crippen LogP contribution in [-0.4, -0.2) is 12.9 Å². The molecule has 1 heterocycles. The Morgan fingerprint density at radius 1 is 1.56 bits per heavy atom. The van der Waals surface area contributed by atoms with Crippen molar-refractivity contribution >= 4 is 6.08 Å². The van der Waals surface area contributed by atoms with Gasteiger partial charge in [0.15, 0.2) is 6.29 Å². The van der Waals surface area contributed by atoms with E-state index in [1.54, 1.807) is 0 Å². The van der Waals surface area contributed by atoms with Crippen LogP contribution in [0.4, 0.5) is 0 Å². The number of ether oxygens (including phenoxy) is 2. The number of aryl methyl sites for hydroxylation is 1. The van der Waals surface area contributed by atoms with Gasteiger partial charge in [-0.15, -0.1) is 0 Å². The standard InChI is InChI=1S/C14H18O2/c1-3-11-7-8-12(4-2)13(10-11)16-14-6-5-9-15-14/h4,7-8,10,14H,2-3,5-6,9H2,1H3. The second kappa shape index (κ2) is 5.17. The number of rotatable bonds is 4. The zero-order valence-corrected chi connectivity index (χ0v) is 9.74. The Morgan fingerprint density at radius 2 is 2.44 bits per heavy atom. The van der Waals surface area contributed by atoms with E-state index in [2.05, 4.69) is 31.7 Å². The topological polar surface area (TPSA) is 18.5 Å². The highest BCUT2D eigenvalue weighted by molar-refractivity contribution is 5.56. The third-order valence-corrected chi connectivity index (χ3v) is 2.85. The molecule has 0 amide bonds. The van der Waals surface area contributed by atoms with Gasteiger partial charge in [0.2, 0.25) is 0 Å². The number of hydrogen-bond acceptors (Lipinski definition) is 2. The molecule has 0 radical (unpaired) electrons. The van der Waals surface area contributed by atoms with Crippen molar-refractivity contribution in [1.29, 1.82) is 0 Å². The van der Waals surface area contributed by atoms with Crippen molar-refractivity contribution in [3.63, 3.8) is 0 Å². The first-order chi connectivity index (χ1) is 7.83. The molecule has 0 bridgehead atoms. The Morgan fingerprint density at radius 3 is 3.06 bits per heavy atom. The van der Waals surface area contributed by atoms with E-state index in [-0.39, 0.29) is 6.29 Å². The Kier molecular flexibility index (Phi) is 3.62. The summed E-state index contributed by atoms with van der Waals surface area (Å²) >= 11 is 0. The van der Waals surface area contributed by atoms with Gasteiger partial charge in [-0.25, -0.2) is 0 Å². The van der Waals surface area contributed by atoms with Crippen LogP contribution in [0, 0.1) is 0 Å². The Bertz CT molecular complexity index is 365. The van der Waals surface area contributed by atoms with Gasteiger partial charge in [-0.2, -0.15) is 0 Å². The van der Waals surface area contributed by atoms with E-state index in [1.165, 1.54) is 5.56 Å². The van der Waals surface area contributed by atoms with Gasteiger partial charge in [0, 0.05) is 12.0 Å². The Labute approximate surface area is 96.9 Å². The molecule has 2 nitrogen and oxygen atoms in total. The molecule has 0 N–H and O–H groups in total. The first-order valence-electron chi connectivity index (χ1n) is 5.87. The van der Waals surface area contributed by atoms with E-state index < -0.39 is 0 Å². The summed E-state index contributed by atoms with van der Waals surface area (Å²) in [6.07, 6.45) is 4.82. The molecule has 1 aromatic carbocycles. The number of benzene rings is 1. The molecule has 1 unspecified atom stereocenters. The minimum Gasteiger partial charge on any atom is -0.464 e. The van der Waals surface area contributed by atoms with Crippen molar-refractivity contribution in [2.45, 2.75) is 32.5 Å². The van der Waals surface area contributed by atoms with Crippen molar-refractivity contribution in [2.75, 3.05) is 6.61 Å². The van der Waals surface area contributed by atoms with Gasteiger partial charge in [0.25, 0.3) is 0 Å². The molecular weight excluding hydrogens is 200 g/mol. The lowest BCUT2D eigenvalue weighted by molar-refractivity contribution is -0.0391. The largest absolute Gasteiger partial charge is 0.464 e. The Hall–Kier alpha value is -1.28. The summed E-state index contributed by atoms with van der Waals surface area (Å²) in [7, 11) is 0. The van der Waals surface area contributed by atoms with Crippen LogP contribution in [0.5, 0.6) is 5.75 Å². The molecule has 1 aromatic rings. The van der Waals surface area contributed by atoms with Crippen LogP contribution >= 0.6 is 0 Å². The molecule has 0 aromatic heterocycles. The van der Waals surface area contributed by atoms with Gasteiger partial charge in [-0.1, -0.05) is 31.7 Å². The monoisotopic (exact) mass is 218 g/mol. The highest BCUT2D eigenvalue weighted by Crippen LogP contribution is 2.25. The third-order valence-electron chi connectivity index (χ3n) is 2.85.